The van der Waals surface area contributed by atoms with Crippen LogP contribution in [0.4, 0.5) is 4.79 Å². The second kappa shape index (κ2) is 5.73. The molecule has 0 aliphatic carbocycles. The van der Waals surface area contributed by atoms with Crippen molar-refractivity contribution < 1.29 is 15.0 Å². The summed E-state index contributed by atoms with van der Waals surface area (Å²) in [4.78, 5) is 10.1. The summed E-state index contributed by atoms with van der Waals surface area (Å²) >= 11 is 0. The number of aliphatic hydroxyl groups excluding tert-OH is 1. The van der Waals surface area contributed by atoms with Crippen molar-refractivity contribution in [1.29, 1.82) is 0 Å². The average Bonchev–Trinajstić information content (AvgIpc) is 1.97. The van der Waals surface area contributed by atoms with Gasteiger partial charge in [0.15, 0.2) is 0 Å². The molecule has 1 amide bonds. The number of nitrogens with one attached hydrogen (secondary N) is 1. The molecule has 11 heavy (non-hydrogen) atoms. The Balaban J connectivity index is 3.66. The van der Waals surface area contributed by atoms with E-state index in [0.29, 0.717) is 6.42 Å². The number of carbonyl (C=O) groups is 1. The molecule has 0 radical (unpaired) electrons. The third kappa shape index (κ3) is 5.42. The van der Waals surface area contributed by atoms with Gasteiger partial charge in [0, 0.05) is 0 Å². The van der Waals surface area contributed by atoms with Crippen LogP contribution in [-0.2, 0) is 0 Å². The molecular weight excluding hydrogens is 146 g/mol. The van der Waals surface area contributed by atoms with E-state index in [4.69, 9.17) is 10.2 Å². The molecule has 0 saturated heterocycles. The summed E-state index contributed by atoms with van der Waals surface area (Å²) in [5.74, 6) is 0. The minimum atomic E-state index is -1.10. The van der Waals surface area contributed by atoms with E-state index >= 15 is 0 Å². The van der Waals surface area contributed by atoms with Gasteiger partial charge in [-0.3, -0.25) is 0 Å². The van der Waals surface area contributed by atoms with Gasteiger partial charge >= 0.3 is 6.09 Å². The van der Waals surface area contributed by atoms with E-state index in [1.807, 2.05) is 13.0 Å². The van der Waals surface area contributed by atoms with Crippen molar-refractivity contribution in [1.82, 2.24) is 5.32 Å². The van der Waals surface area contributed by atoms with Gasteiger partial charge in [-0.25, -0.2) is 4.79 Å². The smallest absolute Gasteiger partial charge is 0.404 e. The molecule has 4 nitrogen and oxygen atoms in total. The SMILES string of the molecule is C/C=C/CC(CO)NC(=O)O. The zero-order chi connectivity index (χ0) is 8.69. The fraction of sp³-hybridized carbons (Fsp3) is 0.571. The van der Waals surface area contributed by atoms with Crippen LogP contribution in [0.3, 0.4) is 0 Å². The lowest BCUT2D eigenvalue weighted by Crippen LogP contribution is -2.35. The van der Waals surface area contributed by atoms with E-state index in [2.05, 4.69) is 5.32 Å². The Morgan fingerprint density at radius 2 is 2.36 bits per heavy atom. The van der Waals surface area contributed by atoms with Crippen LogP contribution in [0.5, 0.6) is 0 Å². The number of amides is 1. The summed E-state index contributed by atoms with van der Waals surface area (Å²) in [6, 6.07) is -0.385. The van der Waals surface area contributed by atoms with Crippen LogP contribution in [0.15, 0.2) is 12.2 Å². The van der Waals surface area contributed by atoms with E-state index in [9.17, 15) is 4.79 Å². The highest BCUT2D eigenvalue weighted by molar-refractivity contribution is 5.64. The van der Waals surface area contributed by atoms with Gasteiger partial charge in [-0.05, 0) is 13.3 Å². The maximum Gasteiger partial charge on any atom is 0.404 e. The molecule has 0 spiro atoms. The Kier molecular flexibility index (Phi) is 5.20. The van der Waals surface area contributed by atoms with Crippen LogP contribution < -0.4 is 5.32 Å². The zero-order valence-electron chi connectivity index (χ0n) is 6.45. The number of hydrogen-bond acceptors (Lipinski definition) is 2. The molecule has 0 bridgehead atoms. The number of carboxylic acid groups (broad SMARTS) is 1. The Hall–Kier alpha value is -1.03. The molecule has 0 aliphatic rings. The predicted molar refractivity (Wildman–Crippen MR) is 41.5 cm³/mol. The minimum Gasteiger partial charge on any atom is -0.465 e. The summed E-state index contributed by atoms with van der Waals surface area (Å²) in [6.07, 6.45) is 3.04. The van der Waals surface area contributed by atoms with E-state index in [0.717, 1.165) is 0 Å². The van der Waals surface area contributed by atoms with E-state index in [-0.39, 0.29) is 12.6 Å². The van der Waals surface area contributed by atoms with Crippen molar-refractivity contribution in [3.8, 4) is 0 Å². The van der Waals surface area contributed by atoms with Crippen molar-refractivity contribution in [3.63, 3.8) is 0 Å². The van der Waals surface area contributed by atoms with Crippen molar-refractivity contribution in [2.24, 2.45) is 0 Å². The maximum absolute atomic E-state index is 10.1. The van der Waals surface area contributed by atoms with Crippen LogP contribution in [-0.4, -0.2) is 29.0 Å². The standard InChI is InChI=1S/C7H13NO3/c1-2-3-4-6(5-9)8-7(10)11/h2-3,6,8-9H,4-5H2,1H3,(H,10,11)/b3-2+. The van der Waals surface area contributed by atoms with Gasteiger partial charge in [-0.1, -0.05) is 12.2 Å². The van der Waals surface area contributed by atoms with Gasteiger partial charge in [0.2, 0.25) is 0 Å². The molecule has 4 heteroatoms. The maximum atomic E-state index is 10.1. The second-order valence-electron chi connectivity index (χ2n) is 2.13. The highest BCUT2D eigenvalue weighted by Crippen LogP contribution is 1.92. The molecule has 0 aliphatic heterocycles. The first-order chi connectivity index (χ1) is 5.20. The van der Waals surface area contributed by atoms with Gasteiger partial charge in [0.05, 0.1) is 12.6 Å². The molecular formula is C7H13NO3. The molecule has 0 heterocycles. The first kappa shape index (κ1) is 9.97. The first-order valence-corrected chi connectivity index (χ1v) is 3.42. The molecule has 0 fully saturated rings. The fourth-order valence-electron chi connectivity index (χ4n) is 0.654. The quantitative estimate of drug-likeness (QED) is 0.525. The molecule has 1 atom stereocenters. The van der Waals surface area contributed by atoms with Crippen molar-refractivity contribution >= 4 is 6.09 Å². The topological polar surface area (TPSA) is 69.6 Å². The monoisotopic (exact) mass is 159 g/mol. The van der Waals surface area contributed by atoms with Crippen LogP contribution in [0.25, 0.3) is 0 Å². The zero-order valence-corrected chi connectivity index (χ0v) is 6.45. The second-order valence-corrected chi connectivity index (χ2v) is 2.13. The Morgan fingerprint density at radius 3 is 2.73 bits per heavy atom. The number of rotatable bonds is 4. The molecule has 0 saturated carbocycles. The molecule has 0 aromatic heterocycles. The van der Waals surface area contributed by atoms with Gasteiger partial charge in [-0.15, -0.1) is 0 Å². The predicted octanol–water partition coefficient (Wildman–Crippen LogP) is 0.581. The van der Waals surface area contributed by atoms with Crippen molar-refractivity contribution in [3.05, 3.63) is 12.2 Å². The third-order valence-corrected chi connectivity index (χ3v) is 1.20. The Labute approximate surface area is 65.5 Å². The lowest BCUT2D eigenvalue weighted by atomic mass is 10.2. The lowest BCUT2D eigenvalue weighted by molar-refractivity contribution is 0.177. The van der Waals surface area contributed by atoms with Crippen LogP contribution in [0.1, 0.15) is 13.3 Å². The lowest BCUT2D eigenvalue weighted by Gasteiger charge is -2.10. The molecule has 3 N–H and O–H groups in total. The Bertz CT molecular complexity index is 145. The van der Waals surface area contributed by atoms with Crippen molar-refractivity contribution in [2.45, 2.75) is 19.4 Å². The van der Waals surface area contributed by atoms with Gasteiger partial charge in [0.25, 0.3) is 0 Å². The molecule has 0 rings (SSSR count). The largest absolute Gasteiger partial charge is 0.465 e. The fourth-order valence-corrected chi connectivity index (χ4v) is 0.654. The average molecular weight is 159 g/mol. The summed E-state index contributed by atoms with van der Waals surface area (Å²) in [5.41, 5.74) is 0. The van der Waals surface area contributed by atoms with E-state index < -0.39 is 6.09 Å². The van der Waals surface area contributed by atoms with Crippen molar-refractivity contribution in [2.75, 3.05) is 6.61 Å². The molecule has 0 aromatic carbocycles. The Morgan fingerprint density at radius 1 is 1.73 bits per heavy atom. The highest BCUT2D eigenvalue weighted by atomic mass is 16.4. The first-order valence-electron chi connectivity index (χ1n) is 3.42. The van der Waals surface area contributed by atoms with Crippen LogP contribution in [0.2, 0.25) is 0 Å². The minimum absolute atomic E-state index is 0.170. The number of allylic oxidation sites excluding steroid dienone is 1. The third-order valence-electron chi connectivity index (χ3n) is 1.20. The van der Waals surface area contributed by atoms with Gasteiger partial charge in [0.1, 0.15) is 0 Å². The summed E-state index contributed by atoms with van der Waals surface area (Å²) < 4.78 is 0. The summed E-state index contributed by atoms with van der Waals surface area (Å²) in [5, 5.41) is 19.1. The number of aliphatic hydroxyl groups is 1. The normalized spacial score (nSPS) is 13.3. The number of hydrogen-bond donors (Lipinski definition) is 3. The van der Waals surface area contributed by atoms with Gasteiger partial charge < -0.3 is 15.5 Å². The van der Waals surface area contributed by atoms with E-state index in [1.54, 1.807) is 6.08 Å². The summed E-state index contributed by atoms with van der Waals surface area (Å²) in [7, 11) is 0. The van der Waals surface area contributed by atoms with Gasteiger partial charge in [-0.2, -0.15) is 0 Å². The summed E-state index contributed by atoms with van der Waals surface area (Å²) in [6.45, 7) is 1.67. The molecule has 0 aromatic rings. The van der Waals surface area contributed by atoms with Crippen LogP contribution >= 0.6 is 0 Å². The highest BCUT2D eigenvalue weighted by Gasteiger charge is 2.06. The molecule has 1 unspecified atom stereocenters. The molecule has 64 valence electrons. The van der Waals surface area contributed by atoms with E-state index in [1.165, 1.54) is 0 Å². The van der Waals surface area contributed by atoms with Crippen LogP contribution in [0, 0.1) is 0 Å².